The van der Waals surface area contributed by atoms with Crippen LogP contribution in [-0.2, 0) is 5.41 Å². The van der Waals surface area contributed by atoms with Gasteiger partial charge in [0.05, 0.1) is 16.7 Å². The Bertz CT molecular complexity index is 2990. The predicted molar refractivity (Wildman–Crippen MR) is 196 cm³/mol. The number of furan rings is 1. The first-order valence-corrected chi connectivity index (χ1v) is 16.3. The Morgan fingerprint density at radius 2 is 1.21 bits per heavy atom. The summed E-state index contributed by atoms with van der Waals surface area (Å²) in [5.41, 5.74) is 10.3. The number of pyridine rings is 1. The highest BCUT2D eigenvalue weighted by Gasteiger charge is 2.38. The number of hydrogen-bond acceptors (Lipinski definition) is 2. The van der Waals surface area contributed by atoms with E-state index in [2.05, 4.69) is 139 Å². The van der Waals surface area contributed by atoms with Crippen molar-refractivity contribution in [3.8, 4) is 16.8 Å². The first kappa shape index (κ1) is 25.3. The molecule has 10 aromatic rings. The van der Waals surface area contributed by atoms with Gasteiger partial charge in [0.1, 0.15) is 5.58 Å². The van der Waals surface area contributed by atoms with E-state index in [0.29, 0.717) is 0 Å². The molecule has 3 nitrogen and oxygen atoms in total. The Morgan fingerprint density at radius 1 is 0.553 bits per heavy atom. The lowest BCUT2D eigenvalue weighted by molar-refractivity contribution is 0.661. The number of benzene rings is 7. The maximum atomic E-state index is 6.65. The summed E-state index contributed by atoms with van der Waals surface area (Å²) in [6.45, 7) is 4.76. The second-order valence-electron chi connectivity index (χ2n) is 13.5. The molecule has 0 fully saturated rings. The highest BCUT2D eigenvalue weighted by atomic mass is 16.3. The van der Waals surface area contributed by atoms with E-state index in [-0.39, 0.29) is 5.41 Å². The van der Waals surface area contributed by atoms with Crippen molar-refractivity contribution in [3.05, 3.63) is 145 Å². The molecule has 3 aromatic heterocycles. The van der Waals surface area contributed by atoms with Crippen LogP contribution in [0.25, 0.3) is 92.9 Å². The molecule has 0 N–H and O–H groups in total. The lowest BCUT2D eigenvalue weighted by Crippen LogP contribution is -2.15. The van der Waals surface area contributed by atoms with Crippen molar-refractivity contribution in [2.45, 2.75) is 19.3 Å². The summed E-state index contributed by atoms with van der Waals surface area (Å²) in [5.74, 6) is 0. The minimum atomic E-state index is -0.190. The minimum absolute atomic E-state index is 0.190. The van der Waals surface area contributed by atoms with Gasteiger partial charge in [0, 0.05) is 44.9 Å². The molecule has 3 heteroatoms. The Balaban J connectivity index is 1.34. The molecule has 0 radical (unpaired) electrons. The van der Waals surface area contributed by atoms with Gasteiger partial charge in [-0.25, -0.2) is 0 Å². The largest absolute Gasteiger partial charge is 0.454 e. The van der Waals surface area contributed by atoms with E-state index in [9.17, 15) is 0 Å². The van der Waals surface area contributed by atoms with Gasteiger partial charge in [0.25, 0.3) is 0 Å². The fourth-order valence-corrected chi connectivity index (χ4v) is 8.72. The van der Waals surface area contributed by atoms with Crippen molar-refractivity contribution >= 4 is 76.1 Å². The van der Waals surface area contributed by atoms with Crippen molar-refractivity contribution in [3.63, 3.8) is 0 Å². The lowest BCUT2D eigenvalue weighted by atomic mass is 9.81. The predicted octanol–water partition coefficient (Wildman–Crippen LogP) is 11.8. The van der Waals surface area contributed by atoms with Gasteiger partial charge in [0.2, 0.25) is 0 Å². The molecule has 0 aliphatic heterocycles. The van der Waals surface area contributed by atoms with Crippen LogP contribution >= 0.6 is 0 Å². The fraction of sp³-hybridized carbons (Fsp3) is 0.0682. The van der Waals surface area contributed by atoms with Gasteiger partial charge in [-0.15, -0.1) is 0 Å². The molecule has 1 aliphatic carbocycles. The van der Waals surface area contributed by atoms with E-state index in [1.54, 1.807) is 0 Å². The second-order valence-corrected chi connectivity index (χ2v) is 13.5. The molecule has 220 valence electrons. The van der Waals surface area contributed by atoms with Crippen molar-refractivity contribution < 1.29 is 4.42 Å². The Kier molecular flexibility index (Phi) is 4.66. The van der Waals surface area contributed by atoms with E-state index in [4.69, 9.17) is 4.42 Å². The third-order valence-corrected chi connectivity index (χ3v) is 10.9. The number of para-hydroxylation sites is 2. The average Bonchev–Trinajstić information content (AvgIpc) is 3.73. The average molecular weight is 601 g/mol. The van der Waals surface area contributed by atoms with Crippen LogP contribution in [0.1, 0.15) is 25.0 Å². The lowest BCUT2D eigenvalue weighted by Gasteiger charge is -2.22. The van der Waals surface area contributed by atoms with Gasteiger partial charge < -0.3 is 8.98 Å². The second kappa shape index (κ2) is 8.65. The molecule has 0 unspecified atom stereocenters. The van der Waals surface area contributed by atoms with E-state index >= 15 is 0 Å². The summed E-state index contributed by atoms with van der Waals surface area (Å²) in [6.07, 6.45) is 3.92. The van der Waals surface area contributed by atoms with Crippen LogP contribution in [0.4, 0.5) is 0 Å². The maximum absolute atomic E-state index is 6.65. The first-order chi connectivity index (χ1) is 23.1. The number of hydrogen-bond donors (Lipinski definition) is 0. The molecule has 11 rings (SSSR count). The molecule has 3 heterocycles. The van der Waals surface area contributed by atoms with Crippen molar-refractivity contribution in [1.29, 1.82) is 0 Å². The van der Waals surface area contributed by atoms with Gasteiger partial charge in [-0.2, -0.15) is 0 Å². The molecule has 7 aromatic carbocycles. The highest BCUT2D eigenvalue weighted by Crippen LogP contribution is 2.55. The van der Waals surface area contributed by atoms with E-state index in [1.165, 1.54) is 65.5 Å². The van der Waals surface area contributed by atoms with Crippen LogP contribution in [-0.4, -0.2) is 9.55 Å². The number of fused-ring (bicyclic) bond motifs is 16. The number of aromatic nitrogens is 2. The molecular formula is C44H28N2O. The zero-order valence-electron chi connectivity index (χ0n) is 26.0. The van der Waals surface area contributed by atoms with Crippen LogP contribution in [0.3, 0.4) is 0 Å². The highest BCUT2D eigenvalue weighted by molar-refractivity contribution is 6.27. The Labute approximate surface area is 270 Å². The Morgan fingerprint density at radius 3 is 1.98 bits per heavy atom. The molecule has 1 aliphatic rings. The third-order valence-electron chi connectivity index (χ3n) is 10.9. The van der Waals surface area contributed by atoms with Gasteiger partial charge in [-0.3, -0.25) is 4.98 Å². The summed E-state index contributed by atoms with van der Waals surface area (Å²) in [6, 6.07) is 44.4. The van der Waals surface area contributed by atoms with Crippen LogP contribution < -0.4 is 0 Å². The monoisotopic (exact) mass is 600 g/mol. The molecular weight excluding hydrogens is 572 g/mol. The van der Waals surface area contributed by atoms with Crippen molar-refractivity contribution in [2.75, 3.05) is 0 Å². The summed E-state index contributed by atoms with van der Waals surface area (Å²) in [4.78, 5) is 4.60. The van der Waals surface area contributed by atoms with Gasteiger partial charge in [-0.1, -0.05) is 105 Å². The SMILES string of the molecule is CC1(C)c2cc3c4ccccc4c4ccccc4c3cc2-c2c1ccc1c3cnccc3n(-c3cccc4c3oc3ccccc34)c21. The fourth-order valence-electron chi connectivity index (χ4n) is 8.72. The molecule has 0 saturated carbocycles. The number of rotatable bonds is 1. The van der Waals surface area contributed by atoms with Crippen molar-refractivity contribution in [2.24, 2.45) is 0 Å². The quantitative estimate of drug-likeness (QED) is 0.176. The Hall–Kier alpha value is -5.93. The van der Waals surface area contributed by atoms with Crippen LogP contribution in [0, 0.1) is 0 Å². The molecule has 0 spiro atoms. The minimum Gasteiger partial charge on any atom is -0.454 e. The van der Waals surface area contributed by atoms with E-state index < -0.39 is 0 Å². The first-order valence-electron chi connectivity index (χ1n) is 16.3. The van der Waals surface area contributed by atoms with Crippen LogP contribution in [0.2, 0.25) is 0 Å². The molecule has 0 saturated heterocycles. The molecule has 0 atom stereocenters. The van der Waals surface area contributed by atoms with Gasteiger partial charge in [-0.05, 0) is 79.3 Å². The normalized spacial score (nSPS) is 13.9. The topological polar surface area (TPSA) is 31.0 Å². The maximum Gasteiger partial charge on any atom is 0.159 e. The third kappa shape index (κ3) is 3.09. The standard InChI is InChI=1S/C44H28N2O/c1-44(2)36-19-18-30-35-24-45-21-20-38(35)46(39-16-9-15-31-29-14-7-8-17-40(29)47-43(31)39)42(30)41(36)34-22-32-27-12-5-3-10-25(27)26-11-4-6-13-28(26)33(32)23-37(34)44/h3-24H,1-2H3. The molecule has 0 amide bonds. The van der Waals surface area contributed by atoms with E-state index in [0.717, 1.165) is 38.5 Å². The van der Waals surface area contributed by atoms with Gasteiger partial charge in [0.15, 0.2) is 5.58 Å². The van der Waals surface area contributed by atoms with E-state index in [1.807, 2.05) is 18.5 Å². The molecule has 0 bridgehead atoms. The summed E-state index contributed by atoms with van der Waals surface area (Å²) >= 11 is 0. The van der Waals surface area contributed by atoms with Crippen LogP contribution in [0.15, 0.2) is 138 Å². The van der Waals surface area contributed by atoms with Crippen LogP contribution in [0.5, 0.6) is 0 Å². The molecule has 47 heavy (non-hydrogen) atoms. The smallest absolute Gasteiger partial charge is 0.159 e. The zero-order chi connectivity index (χ0) is 31.0. The van der Waals surface area contributed by atoms with Crippen molar-refractivity contribution in [1.82, 2.24) is 9.55 Å². The summed E-state index contributed by atoms with van der Waals surface area (Å²) < 4.78 is 9.08. The van der Waals surface area contributed by atoms with Gasteiger partial charge >= 0.3 is 0 Å². The zero-order valence-corrected chi connectivity index (χ0v) is 26.0. The summed E-state index contributed by atoms with van der Waals surface area (Å²) in [7, 11) is 0. The summed E-state index contributed by atoms with van der Waals surface area (Å²) in [5, 5.41) is 12.4. The number of nitrogens with zero attached hydrogens (tertiary/aromatic N) is 2.